The second-order valence-corrected chi connectivity index (χ2v) is 6.03. The molecule has 1 heterocycles. The number of hydrogen-bond donors (Lipinski definition) is 1. The average molecular weight is 247 g/mol. The molecule has 3 rings (SSSR count). The van der Waals surface area contributed by atoms with Gasteiger partial charge in [-0.2, -0.15) is 5.10 Å². The molecular weight excluding hydrogens is 222 g/mol. The van der Waals surface area contributed by atoms with E-state index in [1.807, 2.05) is 0 Å². The van der Waals surface area contributed by atoms with Crippen LogP contribution < -0.4 is 5.32 Å². The molecule has 1 N–H and O–H groups in total. The summed E-state index contributed by atoms with van der Waals surface area (Å²) < 4.78 is 2.22. The largest absolute Gasteiger partial charge is 0.308 e. The van der Waals surface area contributed by atoms with E-state index in [0.29, 0.717) is 6.04 Å². The molecule has 18 heavy (non-hydrogen) atoms. The summed E-state index contributed by atoms with van der Waals surface area (Å²) in [6.45, 7) is 3.27. The maximum absolute atomic E-state index is 4.74. The number of rotatable bonds is 5. The molecule has 2 saturated carbocycles. The summed E-state index contributed by atoms with van der Waals surface area (Å²) in [6, 6.07) is 3.61. The summed E-state index contributed by atoms with van der Waals surface area (Å²) in [5, 5.41) is 8.27. The fourth-order valence-electron chi connectivity index (χ4n) is 3.03. The van der Waals surface area contributed by atoms with E-state index >= 15 is 0 Å². The minimum atomic E-state index is 0.655. The quantitative estimate of drug-likeness (QED) is 0.865. The monoisotopic (exact) mass is 247 g/mol. The van der Waals surface area contributed by atoms with E-state index in [9.17, 15) is 0 Å². The van der Waals surface area contributed by atoms with E-state index in [0.717, 1.165) is 18.5 Å². The molecule has 0 aliphatic heterocycles. The summed E-state index contributed by atoms with van der Waals surface area (Å²) in [5.41, 5.74) is 1.21. The Kier molecular flexibility index (Phi) is 3.69. The Morgan fingerprint density at radius 1 is 1.22 bits per heavy atom. The number of hydrogen-bond acceptors (Lipinski definition) is 2. The summed E-state index contributed by atoms with van der Waals surface area (Å²) >= 11 is 0. The van der Waals surface area contributed by atoms with Gasteiger partial charge in [-0.15, -0.1) is 0 Å². The van der Waals surface area contributed by atoms with Crippen LogP contribution in [0.15, 0.2) is 12.3 Å². The van der Waals surface area contributed by atoms with Crippen molar-refractivity contribution in [1.29, 1.82) is 0 Å². The highest BCUT2D eigenvalue weighted by Crippen LogP contribution is 2.33. The third kappa shape index (κ3) is 2.94. The maximum atomic E-state index is 4.74. The standard InChI is InChI=1S/C15H25N3/c1-2-12-3-7-15(8-4-12)18-10-9-14(17-18)11-16-13-5-6-13/h9-10,12-13,15-16H,2-8,11H2,1H3. The fourth-order valence-corrected chi connectivity index (χ4v) is 3.03. The predicted octanol–water partition coefficient (Wildman–Crippen LogP) is 3.28. The average Bonchev–Trinajstić information content (AvgIpc) is 3.14. The SMILES string of the molecule is CCC1CCC(n2ccc(CNC3CC3)n2)CC1. The summed E-state index contributed by atoms with van der Waals surface area (Å²) in [4.78, 5) is 0. The number of aromatic nitrogens is 2. The second kappa shape index (κ2) is 5.43. The number of nitrogens with zero attached hydrogens (tertiary/aromatic N) is 2. The lowest BCUT2D eigenvalue weighted by atomic mass is 9.85. The van der Waals surface area contributed by atoms with Gasteiger partial charge in [0.15, 0.2) is 0 Å². The molecule has 0 saturated heterocycles. The summed E-state index contributed by atoms with van der Waals surface area (Å²) in [5.74, 6) is 0.966. The molecule has 0 atom stereocenters. The van der Waals surface area contributed by atoms with Crippen LogP contribution in [0.3, 0.4) is 0 Å². The molecule has 1 aromatic rings. The van der Waals surface area contributed by atoms with Crippen LogP contribution in [0.1, 0.15) is 63.6 Å². The third-order valence-electron chi connectivity index (χ3n) is 4.58. The van der Waals surface area contributed by atoms with Gasteiger partial charge in [-0.05, 0) is 50.5 Å². The molecule has 0 bridgehead atoms. The Hall–Kier alpha value is -0.830. The zero-order chi connectivity index (χ0) is 12.4. The lowest BCUT2D eigenvalue weighted by molar-refractivity contribution is 0.255. The molecule has 1 aromatic heterocycles. The van der Waals surface area contributed by atoms with Gasteiger partial charge in [-0.25, -0.2) is 0 Å². The van der Waals surface area contributed by atoms with E-state index < -0.39 is 0 Å². The molecule has 2 aliphatic carbocycles. The molecule has 3 nitrogen and oxygen atoms in total. The van der Waals surface area contributed by atoms with Gasteiger partial charge in [0.25, 0.3) is 0 Å². The van der Waals surface area contributed by atoms with Gasteiger partial charge in [0.05, 0.1) is 11.7 Å². The zero-order valence-electron chi connectivity index (χ0n) is 11.4. The van der Waals surface area contributed by atoms with Crippen LogP contribution in [0.5, 0.6) is 0 Å². The second-order valence-electron chi connectivity index (χ2n) is 6.03. The van der Waals surface area contributed by atoms with Crippen LogP contribution in [-0.2, 0) is 6.54 Å². The van der Waals surface area contributed by atoms with Crippen molar-refractivity contribution in [2.24, 2.45) is 5.92 Å². The predicted molar refractivity (Wildman–Crippen MR) is 73.4 cm³/mol. The van der Waals surface area contributed by atoms with Crippen LogP contribution in [0.25, 0.3) is 0 Å². The lowest BCUT2D eigenvalue weighted by Gasteiger charge is -2.27. The Bertz CT molecular complexity index is 373. The van der Waals surface area contributed by atoms with Crippen LogP contribution in [0.2, 0.25) is 0 Å². The van der Waals surface area contributed by atoms with Crippen LogP contribution >= 0.6 is 0 Å². The van der Waals surface area contributed by atoms with Gasteiger partial charge in [-0.3, -0.25) is 4.68 Å². The highest BCUT2D eigenvalue weighted by Gasteiger charge is 2.23. The van der Waals surface area contributed by atoms with Crippen molar-refractivity contribution in [1.82, 2.24) is 15.1 Å². The normalized spacial score (nSPS) is 28.5. The van der Waals surface area contributed by atoms with Gasteiger partial charge >= 0.3 is 0 Å². The molecule has 0 radical (unpaired) electrons. The Morgan fingerprint density at radius 3 is 2.67 bits per heavy atom. The Balaban J connectivity index is 1.52. The van der Waals surface area contributed by atoms with Crippen LogP contribution in [0, 0.1) is 5.92 Å². The smallest absolute Gasteiger partial charge is 0.0762 e. The van der Waals surface area contributed by atoms with Crippen molar-refractivity contribution < 1.29 is 0 Å². The molecule has 100 valence electrons. The number of nitrogens with one attached hydrogen (secondary N) is 1. The van der Waals surface area contributed by atoms with Crippen molar-refractivity contribution in [3.63, 3.8) is 0 Å². The molecule has 0 spiro atoms. The van der Waals surface area contributed by atoms with E-state index in [-0.39, 0.29) is 0 Å². The van der Waals surface area contributed by atoms with Crippen molar-refractivity contribution >= 4 is 0 Å². The first-order valence-corrected chi connectivity index (χ1v) is 7.62. The van der Waals surface area contributed by atoms with Crippen molar-refractivity contribution in [3.8, 4) is 0 Å². The zero-order valence-corrected chi connectivity index (χ0v) is 11.4. The molecule has 0 amide bonds. The van der Waals surface area contributed by atoms with Gasteiger partial charge in [0.2, 0.25) is 0 Å². The minimum Gasteiger partial charge on any atom is -0.308 e. The Morgan fingerprint density at radius 2 is 2.00 bits per heavy atom. The Labute approximate surface area is 110 Å². The molecule has 0 unspecified atom stereocenters. The maximum Gasteiger partial charge on any atom is 0.0762 e. The van der Waals surface area contributed by atoms with E-state index in [4.69, 9.17) is 5.10 Å². The van der Waals surface area contributed by atoms with Crippen molar-refractivity contribution in [2.75, 3.05) is 0 Å². The topological polar surface area (TPSA) is 29.9 Å². The molecule has 0 aromatic carbocycles. The molecular formula is C15H25N3. The van der Waals surface area contributed by atoms with Gasteiger partial charge in [-0.1, -0.05) is 13.3 Å². The van der Waals surface area contributed by atoms with Gasteiger partial charge in [0.1, 0.15) is 0 Å². The molecule has 2 fully saturated rings. The molecule has 3 heteroatoms. The van der Waals surface area contributed by atoms with E-state index in [1.54, 1.807) is 0 Å². The van der Waals surface area contributed by atoms with Gasteiger partial charge in [0, 0.05) is 18.8 Å². The highest BCUT2D eigenvalue weighted by molar-refractivity contribution is 5.01. The van der Waals surface area contributed by atoms with Crippen LogP contribution in [-0.4, -0.2) is 15.8 Å². The van der Waals surface area contributed by atoms with E-state index in [1.165, 1.54) is 50.6 Å². The first kappa shape index (κ1) is 12.2. The first-order valence-electron chi connectivity index (χ1n) is 7.62. The first-order chi connectivity index (χ1) is 8.85. The van der Waals surface area contributed by atoms with Crippen molar-refractivity contribution in [2.45, 2.75) is 70.5 Å². The van der Waals surface area contributed by atoms with E-state index in [2.05, 4.69) is 29.2 Å². The highest BCUT2D eigenvalue weighted by atomic mass is 15.3. The third-order valence-corrected chi connectivity index (χ3v) is 4.58. The van der Waals surface area contributed by atoms with Crippen LogP contribution in [0.4, 0.5) is 0 Å². The van der Waals surface area contributed by atoms with Gasteiger partial charge < -0.3 is 5.32 Å². The lowest BCUT2D eigenvalue weighted by Crippen LogP contribution is -2.19. The fraction of sp³-hybridized carbons (Fsp3) is 0.800. The minimum absolute atomic E-state index is 0.655. The molecule has 2 aliphatic rings. The summed E-state index contributed by atoms with van der Waals surface area (Å²) in [7, 11) is 0. The summed E-state index contributed by atoms with van der Waals surface area (Å²) in [6.07, 6.45) is 11.6. The van der Waals surface area contributed by atoms with Crippen molar-refractivity contribution in [3.05, 3.63) is 18.0 Å².